The molecule has 28 heavy (non-hydrogen) atoms. The molecule has 2 aromatic rings. The predicted molar refractivity (Wildman–Crippen MR) is 105 cm³/mol. The summed E-state index contributed by atoms with van der Waals surface area (Å²) in [5, 5.41) is 30.6. The van der Waals surface area contributed by atoms with Gasteiger partial charge >= 0.3 is 0 Å². The highest BCUT2D eigenvalue weighted by atomic mass is 35.5. The zero-order chi connectivity index (χ0) is 20.6. The lowest BCUT2D eigenvalue weighted by molar-refractivity contribution is 0.0921. The zero-order valence-electron chi connectivity index (χ0n) is 15.6. The van der Waals surface area contributed by atoms with E-state index in [1.807, 2.05) is 19.9 Å². The Morgan fingerprint density at radius 3 is 2.71 bits per heavy atom. The molecule has 0 aliphatic carbocycles. The minimum atomic E-state index is -0.792. The molecule has 5 N–H and O–H groups in total. The number of nitriles is 1. The van der Waals surface area contributed by atoms with E-state index in [4.69, 9.17) is 32.2 Å². The van der Waals surface area contributed by atoms with Crippen molar-refractivity contribution in [1.82, 2.24) is 15.5 Å². The number of hydrogen-bond donors (Lipinski definition) is 4. The number of ether oxygens (including phenoxy) is 2. The van der Waals surface area contributed by atoms with Gasteiger partial charge in [-0.1, -0.05) is 11.6 Å². The quantitative estimate of drug-likeness (QED) is 0.341. The molecule has 0 bridgehead atoms. The second kappa shape index (κ2) is 10.1. The number of anilines is 1. The third kappa shape index (κ3) is 6.83. The molecule has 1 unspecified atom stereocenters. The van der Waals surface area contributed by atoms with Gasteiger partial charge in [0.05, 0.1) is 5.56 Å². The van der Waals surface area contributed by atoms with Crippen molar-refractivity contribution in [2.24, 2.45) is 5.84 Å². The van der Waals surface area contributed by atoms with Crippen molar-refractivity contribution in [2.75, 3.05) is 25.2 Å². The van der Waals surface area contributed by atoms with E-state index in [2.05, 4.69) is 20.9 Å². The fourth-order valence-electron chi connectivity index (χ4n) is 2.13. The number of aliphatic hydroxyl groups is 1. The van der Waals surface area contributed by atoms with Crippen LogP contribution in [-0.4, -0.2) is 46.7 Å². The van der Waals surface area contributed by atoms with Crippen LogP contribution in [0.1, 0.15) is 19.4 Å². The fraction of sp³-hybridized carbons (Fsp3) is 0.389. The molecule has 0 aliphatic heterocycles. The number of benzene rings is 1. The highest BCUT2D eigenvalue weighted by molar-refractivity contribution is 6.30. The van der Waals surface area contributed by atoms with Gasteiger partial charge in [-0.25, -0.2) is 5.84 Å². The Balaban J connectivity index is 1.78. The van der Waals surface area contributed by atoms with Crippen molar-refractivity contribution < 1.29 is 14.6 Å². The maximum Gasteiger partial charge on any atom is 0.233 e. The standard InChI is InChI=1S/C18H23ClN6O3/c1-18(2,11-28-17-6-5-16(23-21)24-25-17)22-9-14(26)10-27-15-7-13(19)4-3-12(15)8-20/h3-7,14,22,26H,9-11,21H2,1-2H3,(H,23,24). The second-order valence-electron chi connectivity index (χ2n) is 6.67. The van der Waals surface area contributed by atoms with E-state index in [1.54, 1.807) is 30.3 Å². The lowest BCUT2D eigenvalue weighted by Crippen LogP contribution is -2.48. The normalized spacial score (nSPS) is 12.1. The minimum absolute atomic E-state index is 0.0119. The van der Waals surface area contributed by atoms with Crippen LogP contribution in [0.25, 0.3) is 0 Å². The maximum absolute atomic E-state index is 10.2. The molecule has 0 aliphatic rings. The van der Waals surface area contributed by atoms with Crippen LogP contribution in [0.3, 0.4) is 0 Å². The molecule has 1 heterocycles. The number of halogens is 1. The van der Waals surface area contributed by atoms with Crippen LogP contribution in [0.5, 0.6) is 11.6 Å². The molecule has 0 saturated heterocycles. The van der Waals surface area contributed by atoms with Crippen LogP contribution in [0.4, 0.5) is 5.82 Å². The first-order valence-corrected chi connectivity index (χ1v) is 8.89. The van der Waals surface area contributed by atoms with Crippen LogP contribution in [-0.2, 0) is 0 Å². The Labute approximate surface area is 168 Å². The van der Waals surface area contributed by atoms with E-state index in [-0.39, 0.29) is 13.2 Å². The molecule has 9 nitrogen and oxygen atoms in total. The first-order chi connectivity index (χ1) is 13.3. The second-order valence-corrected chi connectivity index (χ2v) is 7.11. The first-order valence-electron chi connectivity index (χ1n) is 8.51. The van der Waals surface area contributed by atoms with E-state index < -0.39 is 11.6 Å². The van der Waals surface area contributed by atoms with Crippen LogP contribution < -0.4 is 26.1 Å². The van der Waals surface area contributed by atoms with Gasteiger partial charge in [-0.2, -0.15) is 5.26 Å². The van der Waals surface area contributed by atoms with E-state index in [9.17, 15) is 5.11 Å². The summed E-state index contributed by atoms with van der Waals surface area (Å²) in [6, 6.07) is 10.0. The van der Waals surface area contributed by atoms with Crippen LogP contribution in [0, 0.1) is 11.3 Å². The summed E-state index contributed by atoms with van der Waals surface area (Å²) >= 11 is 5.91. The average molecular weight is 407 g/mol. The molecule has 1 aromatic heterocycles. The molecule has 2 rings (SSSR count). The van der Waals surface area contributed by atoms with Crippen molar-refractivity contribution in [3.05, 3.63) is 40.9 Å². The summed E-state index contributed by atoms with van der Waals surface area (Å²) in [5.41, 5.74) is 2.30. The summed E-state index contributed by atoms with van der Waals surface area (Å²) in [6.07, 6.45) is -0.792. The Morgan fingerprint density at radius 1 is 1.29 bits per heavy atom. The van der Waals surface area contributed by atoms with Gasteiger partial charge in [-0.3, -0.25) is 0 Å². The van der Waals surface area contributed by atoms with Crippen LogP contribution >= 0.6 is 11.6 Å². The first kappa shape index (κ1) is 21.7. The Kier molecular flexibility index (Phi) is 7.78. The van der Waals surface area contributed by atoms with Gasteiger partial charge in [0.1, 0.15) is 31.1 Å². The highest BCUT2D eigenvalue weighted by Gasteiger charge is 2.20. The fourth-order valence-corrected chi connectivity index (χ4v) is 2.29. The number of nitrogens with zero attached hydrogens (tertiary/aromatic N) is 3. The smallest absolute Gasteiger partial charge is 0.233 e. The number of rotatable bonds is 10. The van der Waals surface area contributed by atoms with E-state index in [0.29, 0.717) is 34.6 Å². The average Bonchev–Trinajstić information content (AvgIpc) is 2.70. The summed E-state index contributed by atoms with van der Waals surface area (Å²) in [4.78, 5) is 0. The molecular formula is C18H23ClN6O3. The third-order valence-corrected chi connectivity index (χ3v) is 3.92. The number of nitrogen functional groups attached to an aromatic ring is 1. The minimum Gasteiger partial charge on any atom is -0.489 e. The number of aliphatic hydroxyl groups excluding tert-OH is 1. The third-order valence-electron chi connectivity index (χ3n) is 3.68. The molecule has 0 amide bonds. The number of hydrogen-bond acceptors (Lipinski definition) is 9. The van der Waals surface area contributed by atoms with Crippen molar-refractivity contribution in [1.29, 1.82) is 5.26 Å². The van der Waals surface area contributed by atoms with E-state index in [0.717, 1.165) is 0 Å². The molecule has 10 heteroatoms. The van der Waals surface area contributed by atoms with E-state index >= 15 is 0 Å². The van der Waals surface area contributed by atoms with Gasteiger partial charge < -0.3 is 25.3 Å². The van der Waals surface area contributed by atoms with Crippen LogP contribution in [0.15, 0.2) is 30.3 Å². The summed E-state index contributed by atoms with van der Waals surface area (Å²) < 4.78 is 11.1. The topological polar surface area (TPSA) is 138 Å². The summed E-state index contributed by atoms with van der Waals surface area (Å²) in [6.45, 7) is 4.43. The van der Waals surface area contributed by atoms with Crippen molar-refractivity contribution >= 4 is 17.4 Å². The predicted octanol–water partition coefficient (Wildman–Crippen LogP) is 1.47. The van der Waals surface area contributed by atoms with Crippen molar-refractivity contribution in [3.8, 4) is 17.7 Å². The maximum atomic E-state index is 10.2. The number of aromatic nitrogens is 2. The summed E-state index contributed by atoms with van der Waals surface area (Å²) in [5.74, 6) is 6.38. The number of hydrazine groups is 1. The number of β-amino-alcohol motifs (C(OH)–C–C–N with tert-alkyl or cyclic N) is 1. The van der Waals surface area contributed by atoms with E-state index in [1.165, 1.54) is 0 Å². The monoisotopic (exact) mass is 406 g/mol. The van der Waals surface area contributed by atoms with Gasteiger partial charge in [0.25, 0.3) is 0 Å². The molecule has 0 fully saturated rings. The van der Waals surface area contributed by atoms with Gasteiger partial charge in [-0.15, -0.1) is 10.2 Å². The molecule has 1 atom stereocenters. The zero-order valence-corrected chi connectivity index (χ0v) is 16.4. The largest absolute Gasteiger partial charge is 0.489 e. The number of nitrogens with two attached hydrogens (primary N) is 1. The Bertz CT molecular complexity index is 810. The Hall–Kier alpha value is -2.64. The molecule has 0 radical (unpaired) electrons. The van der Waals surface area contributed by atoms with Gasteiger partial charge in [0, 0.05) is 29.2 Å². The molecule has 0 saturated carbocycles. The van der Waals surface area contributed by atoms with Gasteiger partial charge in [0.15, 0.2) is 5.82 Å². The van der Waals surface area contributed by atoms with Gasteiger partial charge in [-0.05, 0) is 32.0 Å². The SMILES string of the molecule is CC(C)(COc1ccc(NN)nn1)NCC(O)COc1cc(Cl)ccc1C#N. The molecular weight excluding hydrogens is 384 g/mol. The molecule has 150 valence electrons. The van der Waals surface area contributed by atoms with Gasteiger partial charge in [0.2, 0.25) is 5.88 Å². The molecule has 0 spiro atoms. The van der Waals surface area contributed by atoms with Crippen molar-refractivity contribution in [3.63, 3.8) is 0 Å². The number of nitrogens with one attached hydrogen (secondary N) is 2. The lowest BCUT2D eigenvalue weighted by Gasteiger charge is -2.27. The lowest BCUT2D eigenvalue weighted by atomic mass is 10.1. The van der Waals surface area contributed by atoms with Crippen LogP contribution in [0.2, 0.25) is 5.02 Å². The summed E-state index contributed by atoms with van der Waals surface area (Å²) in [7, 11) is 0. The molecule has 1 aromatic carbocycles. The van der Waals surface area contributed by atoms with Crippen molar-refractivity contribution in [2.45, 2.75) is 25.5 Å². The Morgan fingerprint density at radius 2 is 2.07 bits per heavy atom. The highest BCUT2D eigenvalue weighted by Crippen LogP contribution is 2.22.